The molecule has 0 radical (unpaired) electrons. The van der Waals surface area contributed by atoms with Crippen LogP contribution in [0.2, 0.25) is 5.02 Å². The molecule has 19 heavy (non-hydrogen) atoms. The molecule has 0 heterocycles. The molecule has 0 atom stereocenters. The molecule has 106 valence electrons. The van der Waals surface area contributed by atoms with Gasteiger partial charge in [-0.1, -0.05) is 11.6 Å². The molecular formula is C11H15ClN2O5. The molecule has 0 saturated heterocycles. The van der Waals surface area contributed by atoms with Crippen molar-refractivity contribution in [1.29, 1.82) is 0 Å². The van der Waals surface area contributed by atoms with Crippen LogP contribution in [0.25, 0.3) is 0 Å². The van der Waals surface area contributed by atoms with E-state index in [0.29, 0.717) is 5.56 Å². The Morgan fingerprint density at radius 3 is 2.26 bits per heavy atom. The van der Waals surface area contributed by atoms with E-state index < -0.39 is 30.3 Å². The Bertz CT molecular complexity index is 442. The summed E-state index contributed by atoms with van der Waals surface area (Å²) in [5.41, 5.74) is -0.774. The second-order valence-corrected chi connectivity index (χ2v) is 4.55. The number of nitrogens with one attached hydrogen (secondary N) is 1. The van der Waals surface area contributed by atoms with Crippen LogP contribution in [0.3, 0.4) is 0 Å². The fourth-order valence-electron chi connectivity index (χ4n) is 1.39. The molecule has 0 aliphatic carbocycles. The summed E-state index contributed by atoms with van der Waals surface area (Å²) in [7, 11) is 0. The van der Waals surface area contributed by atoms with Crippen LogP contribution in [0.5, 0.6) is 0 Å². The van der Waals surface area contributed by atoms with Gasteiger partial charge < -0.3 is 20.6 Å². The summed E-state index contributed by atoms with van der Waals surface area (Å²) in [5, 5.41) is 40.9. The lowest BCUT2D eigenvalue weighted by Crippen LogP contribution is -2.54. The molecular weight excluding hydrogens is 276 g/mol. The lowest BCUT2D eigenvalue weighted by atomic mass is 10.0. The van der Waals surface area contributed by atoms with Crippen LogP contribution >= 0.6 is 11.6 Å². The van der Waals surface area contributed by atoms with Crippen LogP contribution in [-0.4, -0.2) is 45.6 Å². The Kier molecular flexibility index (Phi) is 5.64. The predicted molar refractivity (Wildman–Crippen MR) is 68.9 cm³/mol. The molecule has 0 aliphatic rings. The summed E-state index contributed by atoms with van der Waals surface area (Å²) < 4.78 is 0. The second kappa shape index (κ2) is 6.78. The van der Waals surface area contributed by atoms with Crippen molar-refractivity contribution >= 4 is 17.3 Å². The van der Waals surface area contributed by atoms with Gasteiger partial charge in [0.25, 0.3) is 5.69 Å². The van der Waals surface area contributed by atoms with Gasteiger partial charge in [-0.05, 0) is 11.6 Å². The van der Waals surface area contributed by atoms with E-state index in [0.717, 1.165) is 0 Å². The Balaban J connectivity index is 2.80. The molecule has 7 nitrogen and oxygen atoms in total. The largest absolute Gasteiger partial charge is 0.394 e. The number of nitrogens with zero attached hydrogens (tertiary/aromatic N) is 1. The van der Waals surface area contributed by atoms with E-state index in [1.807, 2.05) is 0 Å². The Hall–Kier alpha value is -1.25. The van der Waals surface area contributed by atoms with Gasteiger partial charge >= 0.3 is 0 Å². The van der Waals surface area contributed by atoms with Gasteiger partial charge in [0.2, 0.25) is 0 Å². The van der Waals surface area contributed by atoms with E-state index in [-0.39, 0.29) is 17.3 Å². The summed E-state index contributed by atoms with van der Waals surface area (Å²) in [4.78, 5) is 10.00. The van der Waals surface area contributed by atoms with Gasteiger partial charge in [-0.2, -0.15) is 0 Å². The number of halogens is 1. The summed E-state index contributed by atoms with van der Waals surface area (Å²) in [5.74, 6) is 0. The maximum Gasteiger partial charge on any atom is 0.270 e. The van der Waals surface area contributed by atoms with E-state index in [2.05, 4.69) is 5.32 Å². The predicted octanol–water partition coefficient (Wildman–Crippen LogP) is 0.0535. The van der Waals surface area contributed by atoms with Crippen LogP contribution in [0.1, 0.15) is 5.56 Å². The lowest BCUT2D eigenvalue weighted by molar-refractivity contribution is -0.384. The average Bonchev–Trinajstić information content (AvgIpc) is 2.42. The van der Waals surface area contributed by atoms with E-state index in [1.54, 1.807) is 0 Å². The first-order valence-corrected chi connectivity index (χ1v) is 5.86. The van der Waals surface area contributed by atoms with Crippen molar-refractivity contribution in [3.63, 3.8) is 0 Å². The zero-order chi connectivity index (χ0) is 14.5. The SMILES string of the molecule is O=[N+]([O-])c1ccc(CNC(CO)(CO)CO)c(Cl)c1. The third kappa shape index (κ3) is 3.85. The van der Waals surface area contributed by atoms with E-state index in [4.69, 9.17) is 26.9 Å². The number of aliphatic hydroxyl groups excluding tert-OH is 3. The van der Waals surface area contributed by atoms with Crippen molar-refractivity contribution in [1.82, 2.24) is 5.32 Å². The highest BCUT2D eigenvalue weighted by Crippen LogP contribution is 2.22. The Morgan fingerprint density at radius 2 is 1.84 bits per heavy atom. The summed E-state index contributed by atoms with van der Waals surface area (Å²) in [6.07, 6.45) is 0. The van der Waals surface area contributed by atoms with Gasteiger partial charge in [0, 0.05) is 18.7 Å². The summed E-state index contributed by atoms with van der Waals surface area (Å²) in [6.45, 7) is -1.21. The summed E-state index contributed by atoms with van der Waals surface area (Å²) in [6, 6.07) is 4.00. The van der Waals surface area contributed by atoms with Gasteiger partial charge in [-0.15, -0.1) is 0 Å². The zero-order valence-corrected chi connectivity index (χ0v) is 10.8. The zero-order valence-electron chi connectivity index (χ0n) is 10.0. The summed E-state index contributed by atoms with van der Waals surface area (Å²) >= 11 is 5.90. The third-order valence-corrected chi connectivity index (χ3v) is 3.16. The molecule has 0 saturated carbocycles. The Labute approximate surface area is 114 Å². The van der Waals surface area contributed by atoms with Gasteiger partial charge in [0.1, 0.15) is 0 Å². The van der Waals surface area contributed by atoms with E-state index in [9.17, 15) is 10.1 Å². The van der Waals surface area contributed by atoms with Crippen molar-refractivity contribution in [3.8, 4) is 0 Å². The molecule has 8 heteroatoms. The van der Waals surface area contributed by atoms with Crippen LogP contribution in [0.15, 0.2) is 18.2 Å². The average molecular weight is 291 g/mol. The van der Waals surface area contributed by atoms with Crippen LogP contribution in [-0.2, 0) is 6.54 Å². The van der Waals surface area contributed by atoms with Gasteiger partial charge in [-0.25, -0.2) is 0 Å². The quantitative estimate of drug-likeness (QED) is 0.417. The molecule has 1 aromatic rings. The topological polar surface area (TPSA) is 116 Å². The van der Waals surface area contributed by atoms with E-state index in [1.165, 1.54) is 18.2 Å². The first kappa shape index (κ1) is 15.8. The minimum Gasteiger partial charge on any atom is -0.394 e. The smallest absolute Gasteiger partial charge is 0.270 e. The molecule has 0 bridgehead atoms. The maximum absolute atomic E-state index is 10.6. The molecule has 1 aromatic carbocycles. The number of hydrogen-bond acceptors (Lipinski definition) is 6. The van der Waals surface area contributed by atoms with Crippen LogP contribution < -0.4 is 5.32 Å². The first-order valence-electron chi connectivity index (χ1n) is 5.48. The minimum absolute atomic E-state index is 0.119. The van der Waals surface area contributed by atoms with Crippen LogP contribution in [0.4, 0.5) is 5.69 Å². The Morgan fingerprint density at radius 1 is 1.26 bits per heavy atom. The lowest BCUT2D eigenvalue weighted by Gasteiger charge is -2.29. The van der Waals surface area contributed by atoms with Crippen LogP contribution in [0, 0.1) is 10.1 Å². The van der Waals surface area contributed by atoms with Gasteiger partial charge in [0.05, 0.1) is 35.3 Å². The highest BCUT2D eigenvalue weighted by molar-refractivity contribution is 6.31. The van der Waals surface area contributed by atoms with Crippen molar-refractivity contribution < 1.29 is 20.2 Å². The van der Waals surface area contributed by atoms with Gasteiger partial charge in [0.15, 0.2) is 0 Å². The van der Waals surface area contributed by atoms with E-state index >= 15 is 0 Å². The normalized spacial score (nSPS) is 11.6. The van der Waals surface area contributed by atoms with Crippen molar-refractivity contribution in [2.24, 2.45) is 0 Å². The van der Waals surface area contributed by atoms with Crippen molar-refractivity contribution in [3.05, 3.63) is 38.9 Å². The van der Waals surface area contributed by atoms with Gasteiger partial charge in [-0.3, -0.25) is 10.1 Å². The van der Waals surface area contributed by atoms with Crippen molar-refractivity contribution in [2.75, 3.05) is 19.8 Å². The number of benzene rings is 1. The monoisotopic (exact) mass is 290 g/mol. The molecule has 0 fully saturated rings. The fraction of sp³-hybridized carbons (Fsp3) is 0.455. The molecule has 0 aromatic heterocycles. The molecule has 0 amide bonds. The maximum atomic E-state index is 10.6. The highest BCUT2D eigenvalue weighted by Gasteiger charge is 2.27. The fourth-order valence-corrected chi connectivity index (χ4v) is 1.64. The number of hydrogen-bond donors (Lipinski definition) is 4. The number of nitro benzene ring substituents is 1. The number of aliphatic hydroxyl groups is 3. The molecule has 0 spiro atoms. The minimum atomic E-state index is -1.22. The third-order valence-electron chi connectivity index (χ3n) is 2.81. The second-order valence-electron chi connectivity index (χ2n) is 4.14. The standard InChI is InChI=1S/C11H15ClN2O5/c12-10-3-9(14(18)19)2-1-8(10)4-13-11(5-15,6-16)7-17/h1-3,13,15-17H,4-7H2. The highest BCUT2D eigenvalue weighted by atomic mass is 35.5. The molecule has 1 rings (SSSR count). The van der Waals surface area contributed by atoms with Crippen molar-refractivity contribution in [2.45, 2.75) is 12.1 Å². The first-order chi connectivity index (χ1) is 8.98. The number of non-ortho nitro benzene ring substituents is 1. The molecule has 0 unspecified atom stereocenters. The number of rotatable bonds is 7. The number of nitro groups is 1. The molecule has 4 N–H and O–H groups in total. The molecule has 0 aliphatic heterocycles.